The van der Waals surface area contributed by atoms with Gasteiger partial charge in [-0.15, -0.1) is 0 Å². The number of anilines is 1. The number of aromatic nitrogens is 3. The number of hydrogen-bond acceptors (Lipinski definition) is 4. The smallest absolute Gasteiger partial charge is 0.319 e. The summed E-state index contributed by atoms with van der Waals surface area (Å²) >= 11 is 0. The first-order valence-electron chi connectivity index (χ1n) is 6.67. The minimum atomic E-state index is -0.378. The number of aliphatic hydroxyl groups excluding tert-OH is 1. The first kappa shape index (κ1) is 15.0. The van der Waals surface area contributed by atoms with Gasteiger partial charge in [-0.25, -0.2) is 14.5 Å². The van der Waals surface area contributed by atoms with E-state index in [9.17, 15) is 4.79 Å². The molecule has 0 aliphatic carbocycles. The van der Waals surface area contributed by atoms with Gasteiger partial charge >= 0.3 is 6.03 Å². The lowest BCUT2D eigenvalue weighted by Gasteiger charge is -2.12. The summed E-state index contributed by atoms with van der Waals surface area (Å²) in [6.45, 7) is 5.48. The molecule has 1 unspecified atom stereocenters. The Bertz CT molecular complexity index is 621. The Kier molecular flexibility index (Phi) is 4.54. The van der Waals surface area contributed by atoms with Crippen molar-refractivity contribution >= 4 is 11.7 Å². The molecule has 0 bridgehead atoms. The van der Waals surface area contributed by atoms with Gasteiger partial charge in [0.25, 0.3) is 0 Å². The van der Waals surface area contributed by atoms with Gasteiger partial charge in [0, 0.05) is 5.69 Å². The SMILES string of the molecule is Cc1cc(C)n(-c2ccc(NC(=O)NC(C)CO)cn2)n1. The molecular weight excluding hydrogens is 270 g/mol. The van der Waals surface area contributed by atoms with E-state index in [1.54, 1.807) is 29.9 Å². The van der Waals surface area contributed by atoms with Crippen LogP contribution in [0.1, 0.15) is 18.3 Å². The van der Waals surface area contributed by atoms with Gasteiger partial charge in [-0.05, 0) is 39.0 Å². The quantitative estimate of drug-likeness (QED) is 0.793. The number of amides is 2. The average molecular weight is 289 g/mol. The molecule has 2 aromatic heterocycles. The van der Waals surface area contributed by atoms with E-state index in [0.717, 1.165) is 11.4 Å². The van der Waals surface area contributed by atoms with Crippen molar-refractivity contribution in [1.82, 2.24) is 20.1 Å². The van der Waals surface area contributed by atoms with Gasteiger partial charge in [-0.3, -0.25) is 0 Å². The highest BCUT2D eigenvalue weighted by molar-refractivity contribution is 5.89. The summed E-state index contributed by atoms with van der Waals surface area (Å²) in [7, 11) is 0. The summed E-state index contributed by atoms with van der Waals surface area (Å²) in [6, 6.07) is 4.83. The van der Waals surface area contributed by atoms with Crippen LogP contribution in [-0.2, 0) is 0 Å². The van der Waals surface area contributed by atoms with Crippen LogP contribution in [0, 0.1) is 13.8 Å². The molecule has 0 aliphatic rings. The molecule has 0 saturated heterocycles. The number of aryl methyl sites for hydroxylation is 2. The second kappa shape index (κ2) is 6.36. The van der Waals surface area contributed by atoms with Crippen molar-refractivity contribution in [2.75, 3.05) is 11.9 Å². The fourth-order valence-electron chi connectivity index (χ4n) is 1.88. The van der Waals surface area contributed by atoms with Gasteiger partial charge in [-0.2, -0.15) is 5.10 Å². The monoisotopic (exact) mass is 289 g/mol. The maximum atomic E-state index is 11.6. The Hall–Kier alpha value is -2.41. The zero-order valence-corrected chi connectivity index (χ0v) is 12.3. The molecule has 0 fully saturated rings. The summed E-state index contributed by atoms with van der Waals surface area (Å²) in [5.74, 6) is 0.690. The Labute approximate surface area is 123 Å². The zero-order valence-electron chi connectivity index (χ0n) is 12.3. The average Bonchev–Trinajstić information content (AvgIpc) is 2.78. The molecule has 2 amide bonds. The Morgan fingerprint density at radius 2 is 2.19 bits per heavy atom. The van der Waals surface area contributed by atoms with Crippen molar-refractivity contribution in [3.8, 4) is 5.82 Å². The topological polar surface area (TPSA) is 92.1 Å². The van der Waals surface area contributed by atoms with Crippen LogP contribution in [0.4, 0.5) is 10.5 Å². The summed E-state index contributed by atoms with van der Waals surface area (Å²) in [5.41, 5.74) is 2.49. The van der Waals surface area contributed by atoms with Gasteiger partial charge in [0.2, 0.25) is 0 Å². The highest BCUT2D eigenvalue weighted by Crippen LogP contribution is 2.12. The molecule has 2 rings (SSSR count). The largest absolute Gasteiger partial charge is 0.394 e. The van der Waals surface area contributed by atoms with E-state index in [4.69, 9.17) is 5.11 Å². The zero-order chi connectivity index (χ0) is 15.4. The molecule has 2 aromatic rings. The third-order valence-electron chi connectivity index (χ3n) is 2.88. The lowest BCUT2D eigenvalue weighted by atomic mass is 10.3. The standard InChI is InChI=1S/C14H19N5O2/c1-9-6-11(3)19(18-9)13-5-4-12(7-15-13)17-14(21)16-10(2)8-20/h4-7,10,20H,8H2,1-3H3,(H2,16,17,21). The van der Waals surface area contributed by atoms with Crippen LogP contribution < -0.4 is 10.6 Å². The van der Waals surface area contributed by atoms with Crippen molar-refractivity contribution < 1.29 is 9.90 Å². The minimum absolute atomic E-state index is 0.109. The van der Waals surface area contributed by atoms with Crippen LogP contribution in [0.3, 0.4) is 0 Å². The van der Waals surface area contributed by atoms with Crippen LogP contribution in [0.15, 0.2) is 24.4 Å². The van der Waals surface area contributed by atoms with Crippen molar-refractivity contribution in [2.24, 2.45) is 0 Å². The summed E-state index contributed by atoms with van der Waals surface area (Å²) in [4.78, 5) is 15.9. The Morgan fingerprint density at radius 3 is 2.71 bits per heavy atom. The molecule has 112 valence electrons. The lowest BCUT2D eigenvalue weighted by molar-refractivity contribution is 0.229. The Balaban J connectivity index is 2.05. The highest BCUT2D eigenvalue weighted by Gasteiger charge is 2.08. The van der Waals surface area contributed by atoms with E-state index in [-0.39, 0.29) is 18.7 Å². The number of aliphatic hydroxyl groups is 1. The molecular formula is C14H19N5O2. The Morgan fingerprint density at radius 1 is 1.43 bits per heavy atom. The van der Waals surface area contributed by atoms with Gasteiger partial charge in [-0.1, -0.05) is 0 Å². The van der Waals surface area contributed by atoms with Crippen LogP contribution in [0.25, 0.3) is 5.82 Å². The molecule has 0 spiro atoms. The molecule has 0 aromatic carbocycles. The van der Waals surface area contributed by atoms with E-state index in [1.165, 1.54) is 0 Å². The van der Waals surface area contributed by atoms with E-state index >= 15 is 0 Å². The number of pyridine rings is 1. The third kappa shape index (κ3) is 3.79. The summed E-state index contributed by atoms with van der Waals surface area (Å²) in [5, 5.41) is 18.5. The first-order chi connectivity index (χ1) is 9.99. The lowest BCUT2D eigenvalue weighted by Crippen LogP contribution is -2.38. The van der Waals surface area contributed by atoms with E-state index < -0.39 is 0 Å². The van der Waals surface area contributed by atoms with Gasteiger partial charge in [0.15, 0.2) is 5.82 Å². The van der Waals surface area contributed by atoms with Crippen LogP contribution in [0.2, 0.25) is 0 Å². The summed E-state index contributed by atoms with van der Waals surface area (Å²) in [6.07, 6.45) is 1.56. The maximum Gasteiger partial charge on any atom is 0.319 e. The number of nitrogens with one attached hydrogen (secondary N) is 2. The fourth-order valence-corrected chi connectivity index (χ4v) is 1.88. The second-order valence-corrected chi connectivity index (χ2v) is 4.93. The minimum Gasteiger partial charge on any atom is -0.394 e. The molecule has 21 heavy (non-hydrogen) atoms. The van der Waals surface area contributed by atoms with Crippen LogP contribution in [-0.4, -0.2) is 38.6 Å². The number of nitrogens with zero attached hydrogens (tertiary/aromatic N) is 3. The summed E-state index contributed by atoms with van der Waals surface area (Å²) < 4.78 is 1.74. The molecule has 2 heterocycles. The normalized spacial score (nSPS) is 12.0. The maximum absolute atomic E-state index is 11.6. The van der Waals surface area contributed by atoms with Crippen LogP contribution in [0.5, 0.6) is 0 Å². The molecule has 7 nitrogen and oxygen atoms in total. The van der Waals surface area contributed by atoms with Gasteiger partial charge in [0.05, 0.1) is 30.2 Å². The predicted octanol–water partition coefficient (Wildman–Crippen LogP) is 1.39. The third-order valence-corrected chi connectivity index (χ3v) is 2.88. The molecule has 1 atom stereocenters. The van der Waals surface area contributed by atoms with Gasteiger partial charge in [0.1, 0.15) is 0 Å². The van der Waals surface area contributed by atoms with E-state index in [1.807, 2.05) is 19.9 Å². The van der Waals surface area contributed by atoms with Gasteiger partial charge < -0.3 is 15.7 Å². The molecule has 0 radical (unpaired) electrons. The van der Waals surface area contributed by atoms with Crippen molar-refractivity contribution in [1.29, 1.82) is 0 Å². The molecule has 7 heteroatoms. The second-order valence-electron chi connectivity index (χ2n) is 4.93. The number of rotatable bonds is 4. The number of urea groups is 1. The predicted molar refractivity (Wildman–Crippen MR) is 79.5 cm³/mol. The molecule has 0 aliphatic heterocycles. The molecule has 3 N–H and O–H groups in total. The number of carbonyl (C=O) groups excluding carboxylic acids is 1. The highest BCUT2D eigenvalue weighted by atomic mass is 16.3. The fraction of sp³-hybridized carbons (Fsp3) is 0.357. The van der Waals surface area contributed by atoms with Crippen LogP contribution >= 0.6 is 0 Å². The van der Waals surface area contributed by atoms with Crippen molar-refractivity contribution in [3.63, 3.8) is 0 Å². The molecule has 0 saturated carbocycles. The number of hydrogen-bond donors (Lipinski definition) is 3. The van der Waals surface area contributed by atoms with Crippen molar-refractivity contribution in [2.45, 2.75) is 26.8 Å². The first-order valence-corrected chi connectivity index (χ1v) is 6.67. The van der Waals surface area contributed by atoms with E-state index in [2.05, 4.69) is 20.7 Å². The number of carbonyl (C=O) groups is 1. The van der Waals surface area contributed by atoms with E-state index in [0.29, 0.717) is 11.5 Å². The van der Waals surface area contributed by atoms with Crippen molar-refractivity contribution in [3.05, 3.63) is 35.8 Å².